The van der Waals surface area contributed by atoms with Crippen LogP contribution in [0.3, 0.4) is 0 Å². The van der Waals surface area contributed by atoms with Gasteiger partial charge >= 0.3 is 0 Å². The fraction of sp³-hybridized carbons (Fsp3) is 0.368. The number of hydrogen-bond acceptors (Lipinski definition) is 0. The summed E-state index contributed by atoms with van der Waals surface area (Å²) in [5.74, 6) is -0.109. The number of halogens is 2. The molecule has 0 fully saturated rings. The van der Waals surface area contributed by atoms with Crippen molar-refractivity contribution in [2.24, 2.45) is 0 Å². The molecule has 0 amide bonds. The summed E-state index contributed by atoms with van der Waals surface area (Å²) in [6.45, 7) is 10.3. The van der Waals surface area contributed by atoms with Gasteiger partial charge in [0.1, 0.15) is 5.82 Å². The van der Waals surface area contributed by atoms with E-state index in [1.54, 1.807) is 0 Å². The summed E-state index contributed by atoms with van der Waals surface area (Å²) in [6, 6.07) is 12.3. The Morgan fingerprint density at radius 1 is 1.00 bits per heavy atom. The van der Waals surface area contributed by atoms with E-state index in [0.717, 1.165) is 5.56 Å². The zero-order valence-electron chi connectivity index (χ0n) is 13.3. The molecule has 0 radical (unpaired) electrons. The highest BCUT2D eigenvalue weighted by Gasteiger charge is 2.22. The molecule has 2 aromatic rings. The van der Waals surface area contributed by atoms with Gasteiger partial charge in [0, 0.05) is 0 Å². The highest BCUT2D eigenvalue weighted by molar-refractivity contribution is 9.09. The Labute approximate surface area is 135 Å². The quantitative estimate of drug-likeness (QED) is 0.564. The van der Waals surface area contributed by atoms with E-state index in [4.69, 9.17) is 0 Å². The van der Waals surface area contributed by atoms with Crippen LogP contribution in [-0.2, 0) is 5.41 Å². The first kappa shape index (κ1) is 16.2. The van der Waals surface area contributed by atoms with Crippen molar-refractivity contribution in [1.82, 2.24) is 0 Å². The lowest BCUT2D eigenvalue weighted by Crippen LogP contribution is -2.15. The fourth-order valence-electron chi connectivity index (χ4n) is 2.71. The minimum absolute atomic E-state index is 0.0749. The van der Waals surface area contributed by atoms with Crippen LogP contribution >= 0.6 is 15.9 Å². The molecule has 1 atom stereocenters. The van der Waals surface area contributed by atoms with E-state index in [0.29, 0.717) is 11.1 Å². The second-order valence-corrected chi connectivity index (χ2v) is 7.58. The lowest BCUT2D eigenvalue weighted by atomic mass is 9.82. The van der Waals surface area contributed by atoms with Crippen LogP contribution in [0, 0.1) is 19.7 Å². The molecule has 0 saturated carbocycles. The molecule has 0 heterocycles. The monoisotopic (exact) mass is 348 g/mol. The van der Waals surface area contributed by atoms with Gasteiger partial charge in [-0.3, -0.25) is 0 Å². The van der Waals surface area contributed by atoms with Crippen LogP contribution in [0.15, 0.2) is 36.4 Å². The van der Waals surface area contributed by atoms with Gasteiger partial charge in [-0.25, -0.2) is 4.39 Å². The van der Waals surface area contributed by atoms with Gasteiger partial charge in [0.05, 0.1) is 4.83 Å². The molecule has 0 nitrogen and oxygen atoms in total. The van der Waals surface area contributed by atoms with Crippen LogP contribution in [-0.4, -0.2) is 0 Å². The highest BCUT2D eigenvalue weighted by Crippen LogP contribution is 2.38. The standard InChI is InChI=1S/C19H22BrF/c1-12-10-14(11-13(2)18(12)21)17(20)15-8-6-7-9-16(15)19(3,4)5/h6-11,17H,1-5H3. The van der Waals surface area contributed by atoms with Crippen molar-refractivity contribution in [3.8, 4) is 0 Å². The highest BCUT2D eigenvalue weighted by atomic mass is 79.9. The third-order valence-electron chi connectivity index (χ3n) is 3.79. The summed E-state index contributed by atoms with van der Waals surface area (Å²) >= 11 is 3.81. The summed E-state index contributed by atoms with van der Waals surface area (Å²) < 4.78 is 13.8. The summed E-state index contributed by atoms with van der Waals surface area (Å²) in [5.41, 5.74) is 5.13. The molecular formula is C19H22BrF. The molecule has 0 aliphatic heterocycles. The second kappa shape index (κ2) is 5.92. The van der Waals surface area contributed by atoms with Gasteiger partial charge in [-0.1, -0.05) is 73.1 Å². The Morgan fingerprint density at radius 2 is 1.52 bits per heavy atom. The first-order valence-electron chi connectivity index (χ1n) is 7.22. The van der Waals surface area contributed by atoms with Crippen molar-refractivity contribution in [3.05, 3.63) is 70.0 Å². The molecule has 0 aliphatic rings. The SMILES string of the molecule is Cc1cc(C(Br)c2ccccc2C(C)(C)C)cc(C)c1F. The summed E-state index contributed by atoms with van der Waals surface area (Å²) in [5, 5.41) is 0. The van der Waals surface area contributed by atoms with E-state index in [1.165, 1.54) is 11.1 Å². The molecule has 0 bridgehead atoms. The largest absolute Gasteiger partial charge is 0.206 e. The number of hydrogen-bond donors (Lipinski definition) is 0. The van der Waals surface area contributed by atoms with Crippen molar-refractivity contribution in [2.75, 3.05) is 0 Å². The predicted octanol–water partition coefficient (Wildman–Crippen LogP) is 6.22. The zero-order valence-corrected chi connectivity index (χ0v) is 14.9. The van der Waals surface area contributed by atoms with Crippen LogP contribution in [0.2, 0.25) is 0 Å². The van der Waals surface area contributed by atoms with Gasteiger partial charge in [0.15, 0.2) is 0 Å². The molecule has 0 aliphatic carbocycles. The van der Waals surface area contributed by atoms with E-state index < -0.39 is 0 Å². The van der Waals surface area contributed by atoms with Crippen molar-refractivity contribution in [1.29, 1.82) is 0 Å². The smallest absolute Gasteiger partial charge is 0.129 e. The first-order valence-corrected chi connectivity index (χ1v) is 8.13. The normalized spacial score (nSPS) is 13.3. The van der Waals surface area contributed by atoms with Crippen LogP contribution in [0.25, 0.3) is 0 Å². The van der Waals surface area contributed by atoms with E-state index in [1.807, 2.05) is 26.0 Å². The van der Waals surface area contributed by atoms with Crippen LogP contribution in [0.5, 0.6) is 0 Å². The third-order valence-corrected chi connectivity index (χ3v) is 4.82. The first-order chi connectivity index (χ1) is 9.71. The maximum atomic E-state index is 13.8. The molecular weight excluding hydrogens is 327 g/mol. The van der Waals surface area contributed by atoms with Crippen molar-refractivity contribution in [2.45, 2.75) is 44.9 Å². The van der Waals surface area contributed by atoms with E-state index in [9.17, 15) is 4.39 Å². The number of rotatable bonds is 2. The van der Waals surface area contributed by atoms with Crippen molar-refractivity contribution >= 4 is 15.9 Å². The molecule has 21 heavy (non-hydrogen) atoms. The Hall–Kier alpha value is -1.15. The molecule has 0 N–H and O–H groups in total. The van der Waals surface area contributed by atoms with Gasteiger partial charge in [-0.05, 0) is 47.1 Å². The maximum absolute atomic E-state index is 13.8. The Bertz CT molecular complexity index is 630. The van der Waals surface area contributed by atoms with Crippen LogP contribution in [0.4, 0.5) is 4.39 Å². The minimum atomic E-state index is -0.109. The average Bonchev–Trinajstić information content (AvgIpc) is 2.42. The van der Waals surface area contributed by atoms with Gasteiger partial charge in [-0.2, -0.15) is 0 Å². The molecule has 2 aromatic carbocycles. The van der Waals surface area contributed by atoms with Crippen molar-refractivity contribution in [3.63, 3.8) is 0 Å². The number of aryl methyl sites for hydroxylation is 2. The van der Waals surface area contributed by atoms with Crippen LogP contribution in [0.1, 0.15) is 53.4 Å². The van der Waals surface area contributed by atoms with Gasteiger partial charge in [-0.15, -0.1) is 0 Å². The Kier molecular flexibility index (Phi) is 4.57. The molecule has 0 saturated heterocycles. The summed E-state index contributed by atoms with van der Waals surface area (Å²) in [4.78, 5) is 0.0749. The molecule has 0 aromatic heterocycles. The van der Waals surface area contributed by atoms with Gasteiger partial charge < -0.3 is 0 Å². The van der Waals surface area contributed by atoms with Crippen molar-refractivity contribution < 1.29 is 4.39 Å². The number of alkyl halides is 1. The van der Waals surface area contributed by atoms with Gasteiger partial charge in [0.25, 0.3) is 0 Å². The lowest BCUT2D eigenvalue weighted by Gasteiger charge is -2.25. The Morgan fingerprint density at radius 3 is 2.05 bits per heavy atom. The lowest BCUT2D eigenvalue weighted by molar-refractivity contribution is 0.583. The van der Waals surface area contributed by atoms with E-state index in [-0.39, 0.29) is 16.1 Å². The molecule has 112 valence electrons. The molecule has 2 rings (SSSR count). The Balaban J connectivity index is 2.53. The summed E-state index contributed by atoms with van der Waals surface area (Å²) in [7, 11) is 0. The minimum Gasteiger partial charge on any atom is -0.206 e. The predicted molar refractivity (Wildman–Crippen MR) is 91.8 cm³/mol. The van der Waals surface area contributed by atoms with Crippen LogP contribution < -0.4 is 0 Å². The fourth-order valence-corrected chi connectivity index (χ4v) is 3.37. The topological polar surface area (TPSA) is 0 Å². The molecule has 2 heteroatoms. The molecule has 1 unspecified atom stereocenters. The second-order valence-electron chi connectivity index (χ2n) is 6.67. The number of benzene rings is 2. The zero-order chi connectivity index (χ0) is 15.8. The van der Waals surface area contributed by atoms with E-state index >= 15 is 0 Å². The molecule has 0 spiro atoms. The third kappa shape index (κ3) is 3.37. The summed E-state index contributed by atoms with van der Waals surface area (Å²) in [6.07, 6.45) is 0. The van der Waals surface area contributed by atoms with Gasteiger partial charge in [0.2, 0.25) is 0 Å². The van der Waals surface area contributed by atoms with E-state index in [2.05, 4.69) is 61.0 Å². The average molecular weight is 349 g/mol. The maximum Gasteiger partial charge on any atom is 0.129 e.